The van der Waals surface area contributed by atoms with Gasteiger partial charge < -0.3 is 4.98 Å². The summed E-state index contributed by atoms with van der Waals surface area (Å²) < 4.78 is 0. The second-order valence-corrected chi connectivity index (χ2v) is 7.94. The Morgan fingerprint density at radius 1 is 0.767 bits per heavy atom. The second kappa shape index (κ2) is 6.90. The third-order valence-corrected chi connectivity index (χ3v) is 6.04. The molecule has 0 aliphatic rings. The standard InChI is InChI=1S/C25H16N4S/c1-3-9-18-16(7-1)15-21(28-18)24-23(25-27-13-14-30-25)22(20-11-5-6-12-26-20)17-8-2-4-10-19(17)29-24/h1-15,28H. The monoisotopic (exact) mass is 404 g/mol. The predicted molar refractivity (Wildman–Crippen MR) is 123 cm³/mol. The first-order valence-corrected chi connectivity index (χ1v) is 10.6. The topological polar surface area (TPSA) is 54.5 Å². The van der Waals surface area contributed by atoms with Crippen molar-refractivity contribution in [1.29, 1.82) is 0 Å². The van der Waals surface area contributed by atoms with Crippen LogP contribution in [0, 0.1) is 0 Å². The van der Waals surface area contributed by atoms with E-state index in [2.05, 4.69) is 51.4 Å². The van der Waals surface area contributed by atoms with Crippen LogP contribution in [0.5, 0.6) is 0 Å². The Bertz CT molecular complexity index is 1450. The van der Waals surface area contributed by atoms with E-state index < -0.39 is 0 Å². The van der Waals surface area contributed by atoms with E-state index in [0.29, 0.717) is 0 Å². The Morgan fingerprint density at radius 2 is 1.63 bits per heavy atom. The Labute approximate surface area is 176 Å². The molecule has 2 aromatic carbocycles. The molecule has 0 bridgehead atoms. The van der Waals surface area contributed by atoms with E-state index in [1.54, 1.807) is 11.3 Å². The highest BCUT2D eigenvalue weighted by Crippen LogP contribution is 2.43. The van der Waals surface area contributed by atoms with Gasteiger partial charge in [-0.25, -0.2) is 9.97 Å². The molecule has 0 fully saturated rings. The van der Waals surface area contributed by atoms with E-state index in [1.165, 1.54) is 0 Å². The first-order chi connectivity index (χ1) is 14.9. The van der Waals surface area contributed by atoms with Crippen molar-refractivity contribution in [3.05, 3.63) is 90.6 Å². The van der Waals surface area contributed by atoms with E-state index in [-0.39, 0.29) is 0 Å². The molecule has 0 aliphatic carbocycles. The van der Waals surface area contributed by atoms with Crippen molar-refractivity contribution in [3.8, 4) is 33.2 Å². The zero-order valence-corrected chi connectivity index (χ0v) is 16.7. The van der Waals surface area contributed by atoms with Crippen LogP contribution in [0.1, 0.15) is 0 Å². The Kier molecular flexibility index (Phi) is 3.92. The number of rotatable bonds is 3. The molecule has 1 N–H and O–H groups in total. The van der Waals surface area contributed by atoms with Gasteiger partial charge in [0.15, 0.2) is 0 Å². The van der Waals surface area contributed by atoms with Crippen molar-refractivity contribution >= 4 is 33.1 Å². The van der Waals surface area contributed by atoms with E-state index in [4.69, 9.17) is 4.98 Å². The zero-order chi connectivity index (χ0) is 19.9. The number of hydrogen-bond donors (Lipinski definition) is 1. The molecule has 0 amide bonds. The van der Waals surface area contributed by atoms with Gasteiger partial charge in [0, 0.05) is 45.2 Å². The van der Waals surface area contributed by atoms with Crippen LogP contribution in [-0.4, -0.2) is 19.9 Å². The van der Waals surface area contributed by atoms with Crippen LogP contribution in [0.15, 0.2) is 90.6 Å². The van der Waals surface area contributed by atoms with Crippen molar-refractivity contribution in [2.24, 2.45) is 0 Å². The van der Waals surface area contributed by atoms with Crippen molar-refractivity contribution < 1.29 is 0 Å². The Morgan fingerprint density at radius 3 is 2.47 bits per heavy atom. The van der Waals surface area contributed by atoms with Crippen LogP contribution in [0.2, 0.25) is 0 Å². The molecule has 30 heavy (non-hydrogen) atoms. The maximum absolute atomic E-state index is 5.09. The normalized spacial score (nSPS) is 11.3. The van der Waals surface area contributed by atoms with Crippen molar-refractivity contribution in [1.82, 2.24) is 19.9 Å². The molecule has 0 unspecified atom stereocenters. The van der Waals surface area contributed by atoms with Crippen LogP contribution in [0.4, 0.5) is 0 Å². The van der Waals surface area contributed by atoms with Gasteiger partial charge in [-0.3, -0.25) is 4.98 Å². The largest absolute Gasteiger partial charge is 0.353 e. The molecule has 0 radical (unpaired) electrons. The van der Waals surface area contributed by atoms with Gasteiger partial charge >= 0.3 is 0 Å². The third-order valence-electron chi connectivity index (χ3n) is 5.24. The van der Waals surface area contributed by atoms with Gasteiger partial charge in [-0.2, -0.15) is 0 Å². The molecule has 6 aromatic rings. The summed E-state index contributed by atoms with van der Waals surface area (Å²) in [5.41, 5.74) is 6.88. The number of nitrogens with zero attached hydrogens (tertiary/aromatic N) is 3. The molecule has 0 aliphatic heterocycles. The molecule has 6 rings (SSSR count). The Balaban J connectivity index is 1.78. The van der Waals surface area contributed by atoms with Crippen molar-refractivity contribution in [2.75, 3.05) is 0 Å². The van der Waals surface area contributed by atoms with E-state index >= 15 is 0 Å². The SMILES string of the molecule is c1ccc(-c2c(-c3nccs3)c(-c3cc4ccccc4[nH]3)nc3ccccc23)nc1. The lowest BCUT2D eigenvalue weighted by Crippen LogP contribution is -1.97. The van der Waals surface area contributed by atoms with Crippen LogP contribution >= 0.6 is 11.3 Å². The number of thiazole rings is 1. The van der Waals surface area contributed by atoms with Crippen molar-refractivity contribution in [3.63, 3.8) is 0 Å². The van der Waals surface area contributed by atoms with Gasteiger partial charge in [0.05, 0.1) is 22.6 Å². The molecule has 4 heterocycles. The lowest BCUT2D eigenvalue weighted by Gasteiger charge is -2.15. The lowest BCUT2D eigenvalue weighted by molar-refractivity contribution is 1.30. The molecule has 0 saturated heterocycles. The quantitative estimate of drug-likeness (QED) is 0.363. The van der Waals surface area contributed by atoms with E-state index in [0.717, 1.165) is 55.0 Å². The molecule has 142 valence electrons. The minimum absolute atomic E-state index is 0.889. The first-order valence-electron chi connectivity index (χ1n) is 9.70. The number of H-pyrrole nitrogens is 1. The highest BCUT2D eigenvalue weighted by atomic mass is 32.1. The number of aromatic amines is 1. The second-order valence-electron chi connectivity index (χ2n) is 7.05. The van der Waals surface area contributed by atoms with Gasteiger partial charge in [-0.1, -0.05) is 42.5 Å². The maximum atomic E-state index is 5.09. The summed E-state index contributed by atoms with van der Waals surface area (Å²) in [7, 11) is 0. The Hall–Kier alpha value is -3.83. The molecule has 5 heteroatoms. The van der Waals surface area contributed by atoms with Crippen LogP contribution in [-0.2, 0) is 0 Å². The molecule has 0 atom stereocenters. The van der Waals surface area contributed by atoms with Crippen LogP contribution in [0.3, 0.4) is 0 Å². The highest BCUT2D eigenvalue weighted by Gasteiger charge is 2.22. The number of benzene rings is 2. The molecular weight excluding hydrogens is 388 g/mol. The number of pyridine rings is 2. The number of aromatic nitrogens is 4. The fourth-order valence-corrected chi connectivity index (χ4v) is 4.63. The minimum atomic E-state index is 0.889. The fourth-order valence-electron chi connectivity index (χ4n) is 3.94. The number of hydrogen-bond acceptors (Lipinski definition) is 4. The lowest BCUT2D eigenvalue weighted by atomic mass is 9.96. The van der Waals surface area contributed by atoms with Gasteiger partial charge in [0.25, 0.3) is 0 Å². The molecule has 4 nitrogen and oxygen atoms in total. The summed E-state index contributed by atoms with van der Waals surface area (Å²) in [6.07, 6.45) is 3.67. The van der Waals surface area contributed by atoms with Crippen LogP contribution in [0.25, 0.3) is 55.0 Å². The zero-order valence-electron chi connectivity index (χ0n) is 15.9. The summed E-state index contributed by atoms with van der Waals surface area (Å²) >= 11 is 1.62. The molecular formula is C25H16N4S. The predicted octanol–water partition coefficient (Wildman–Crippen LogP) is 6.57. The summed E-state index contributed by atoms with van der Waals surface area (Å²) in [6.45, 7) is 0. The summed E-state index contributed by atoms with van der Waals surface area (Å²) in [6, 6.07) is 24.7. The first kappa shape index (κ1) is 17.1. The molecule has 4 aromatic heterocycles. The third kappa shape index (κ3) is 2.71. The minimum Gasteiger partial charge on any atom is -0.353 e. The van der Waals surface area contributed by atoms with Gasteiger partial charge in [0.1, 0.15) is 5.01 Å². The van der Waals surface area contributed by atoms with Gasteiger partial charge in [-0.15, -0.1) is 11.3 Å². The number of nitrogens with one attached hydrogen (secondary N) is 1. The summed E-state index contributed by atoms with van der Waals surface area (Å²) in [5.74, 6) is 0. The average molecular weight is 404 g/mol. The molecule has 0 saturated carbocycles. The average Bonchev–Trinajstić information content (AvgIpc) is 3.48. The fraction of sp³-hybridized carbons (Fsp3) is 0. The number of para-hydroxylation sites is 2. The summed E-state index contributed by atoms with van der Waals surface area (Å²) in [4.78, 5) is 18.0. The van der Waals surface area contributed by atoms with Crippen molar-refractivity contribution in [2.45, 2.75) is 0 Å². The van der Waals surface area contributed by atoms with Gasteiger partial charge in [-0.05, 0) is 30.3 Å². The van der Waals surface area contributed by atoms with E-state index in [1.807, 2.05) is 54.2 Å². The number of fused-ring (bicyclic) bond motifs is 2. The van der Waals surface area contributed by atoms with Crippen LogP contribution < -0.4 is 0 Å². The molecule has 0 spiro atoms. The summed E-state index contributed by atoms with van der Waals surface area (Å²) in [5, 5.41) is 5.16. The highest BCUT2D eigenvalue weighted by molar-refractivity contribution is 7.13. The van der Waals surface area contributed by atoms with Gasteiger partial charge in [0.2, 0.25) is 0 Å². The maximum Gasteiger partial charge on any atom is 0.126 e. The smallest absolute Gasteiger partial charge is 0.126 e. The van der Waals surface area contributed by atoms with E-state index in [9.17, 15) is 0 Å².